The average Bonchev–Trinajstić information content (AvgIpc) is 4.17. The molecule has 1 aliphatic heterocycles. The lowest BCUT2D eigenvalue weighted by molar-refractivity contribution is 0.388. The fourth-order valence-corrected chi connectivity index (χ4v) is 15.1. The van der Waals surface area contributed by atoms with Crippen LogP contribution in [0.2, 0.25) is 0 Å². The number of ether oxygens (including phenoxy) is 1. The lowest BCUT2D eigenvalue weighted by atomic mass is 9.65. The Labute approximate surface area is 358 Å². The number of furan rings is 1. The van der Waals surface area contributed by atoms with Gasteiger partial charge in [-0.1, -0.05) is 157 Å². The smallest absolute Gasteiger partial charge is 0.220 e. The van der Waals surface area contributed by atoms with Crippen molar-refractivity contribution in [2.24, 2.45) is 0 Å². The standard InChI is InChI=1S/C55H41N3O2Si/c1-3-20-42(21-4-1)61(43-22-5-2-6-23-43,44-24-15-19-41(35-44)57-49-29-12-13-30-50(49)58-48-28-11-10-27-47(48)56-54(57)58)52-32-16-26-46-53(52)60-51-31-14-9-25-45(51)55(46,36-39-17-7-8-18-39)37-40-33-34-59-38-40/h1-7,9-35,38H,8,36-37H2/i37D2. The molecule has 0 N–H and O–H groups in total. The van der Waals surface area contributed by atoms with Gasteiger partial charge < -0.3 is 9.15 Å². The normalized spacial score (nSPS) is 16.6. The number of allylic oxidation sites excluding steroid dienone is 4. The third kappa shape index (κ3) is 5.42. The molecule has 1 atom stereocenters. The first kappa shape index (κ1) is 33.4. The second-order valence-electron chi connectivity index (χ2n) is 16.0. The monoisotopic (exact) mass is 805 g/mol. The van der Waals surface area contributed by atoms with Crippen molar-refractivity contribution in [3.63, 3.8) is 0 Å². The van der Waals surface area contributed by atoms with Crippen LogP contribution < -0.4 is 25.5 Å². The molecule has 0 saturated carbocycles. The first-order chi connectivity index (χ1) is 31.0. The summed E-state index contributed by atoms with van der Waals surface area (Å²) >= 11 is 0. The molecule has 0 amide bonds. The van der Waals surface area contributed by atoms with Gasteiger partial charge in [0.25, 0.3) is 0 Å². The molecule has 10 aromatic rings. The van der Waals surface area contributed by atoms with Gasteiger partial charge in [-0.25, -0.2) is 4.98 Å². The molecule has 3 aromatic heterocycles. The summed E-state index contributed by atoms with van der Waals surface area (Å²) in [6.07, 6.45) is 8.97. The second-order valence-corrected chi connectivity index (χ2v) is 19.8. The quantitative estimate of drug-likeness (QED) is 0.108. The van der Waals surface area contributed by atoms with Gasteiger partial charge in [0, 0.05) is 25.0 Å². The maximum atomic E-state index is 10.4. The maximum Gasteiger partial charge on any atom is 0.220 e. The number of aromatic nitrogens is 3. The van der Waals surface area contributed by atoms with Crippen LogP contribution in [0.5, 0.6) is 11.5 Å². The third-order valence-corrected chi connectivity index (χ3v) is 17.5. The largest absolute Gasteiger partial charge is 0.472 e. The second kappa shape index (κ2) is 14.1. The molecular weight excluding hydrogens is 763 g/mol. The summed E-state index contributed by atoms with van der Waals surface area (Å²) in [6, 6.07) is 63.9. The Bertz CT molecular complexity index is 3390. The third-order valence-electron chi connectivity index (χ3n) is 12.7. The average molecular weight is 806 g/mol. The highest BCUT2D eigenvalue weighted by molar-refractivity contribution is 7.20. The van der Waals surface area contributed by atoms with Crippen molar-refractivity contribution < 1.29 is 11.9 Å². The highest BCUT2D eigenvalue weighted by Crippen LogP contribution is 2.53. The van der Waals surface area contributed by atoms with E-state index in [1.807, 2.05) is 30.3 Å². The van der Waals surface area contributed by atoms with Gasteiger partial charge in [0.2, 0.25) is 5.78 Å². The fourth-order valence-electron chi connectivity index (χ4n) is 10.2. The topological polar surface area (TPSA) is 44.6 Å². The molecule has 292 valence electrons. The van der Waals surface area contributed by atoms with Crippen LogP contribution in [-0.2, 0) is 11.8 Å². The van der Waals surface area contributed by atoms with E-state index in [-0.39, 0.29) is 0 Å². The molecule has 1 unspecified atom stereocenters. The molecule has 0 radical (unpaired) electrons. The van der Waals surface area contributed by atoms with E-state index in [4.69, 9.17) is 14.1 Å². The molecule has 5 nitrogen and oxygen atoms in total. The molecule has 4 heterocycles. The first-order valence-corrected chi connectivity index (χ1v) is 22.9. The summed E-state index contributed by atoms with van der Waals surface area (Å²) in [4.78, 5) is 5.24. The number of imidazole rings is 2. The lowest BCUT2D eigenvalue weighted by Crippen LogP contribution is -2.75. The summed E-state index contributed by atoms with van der Waals surface area (Å²) in [5, 5.41) is 4.57. The lowest BCUT2D eigenvalue weighted by Gasteiger charge is -2.44. The first-order valence-electron chi connectivity index (χ1n) is 21.9. The molecule has 0 saturated heterocycles. The molecule has 0 spiro atoms. The van der Waals surface area contributed by atoms with Crippen LogP contribution in [0.4, 0.5) is 0 Å². The Hall–Kier alpha value is -7.41. The molecule has 0 bridgehead atoms. The molecule has 6 heteroatoms. The number of para-hydroxylation sites is 6. The van der Waals surface area contributed by atoms with E-state index in [1.54, 1.807) is 18.6 Å². The van der Waals surface area contributed by atoms with E-state index in [1.165, 1.54) is 10.4 Å². The van der Waals surface area contributed by atoms with Crippen LogP contribution in [0.15, 0.2) is 223 Å². The van der Waals surface area contributed by atoms with E-state index in [0.717, 1.165) is 67.0 Å². The number of hydrogen-bond donors (Lipinski definition) is 0. The van der Waals surface area contributed by atoms with Crippen molar-refractivity contribution in [1.29, 1.82) is 0 Å². The van der Waals surface area contributed by atoms with Gasteiger partial charge in [-0.3, -0.25) is 8.97 Å². The number of benzene rings is 7. The van der Waals surface area contributed by atoms with Crippen LogP contribution in [0.25, 0.3) is 33.5 Å². The van der Waals surface area contributed by atoms with Crippen LogP contribution in [-0.4, -0.2) is 22.0 Å². The molecule has 12 rings (SSSR count). The van der Waals surface area contributed by atoms with Crippen LogP contribution >= 0.6 is 0 Å². The van der Waals surface area contributed by atoms with Crippen LogP contribution in [0.3, 0.4) is 0 Å². The van der Waals surface area contributed by atoms with Crippen molar-refractivity contribution in [2.75, 3.05) is 0 Å². The molecular formula is C55H41N3O2Si. The SMILES string of the molecule is [2H]C([2H])(c1ccoc1)C1(CC2=CCC=C2)c2ccccc2Oc2c1cccc2[Si](c1ccccc1)(c1ccccc1)c1cccc(-n2c3ccccc3n3c4ccccc4nc23)c1. The summed E-state index contributed by atoms with van der Waals surface area (Å²) in [5.74, 6) is 2.20. The van der Waals surface area contributed by atoms with Gasteiger partial charge in [0.05, 0.1) is 34.6 Å². The zero-order valence-corrected chi connectivity index (χ0v) is 34.3. The van der Waals surface area contributed by atoms with Crippen molar-refractivity contribution in [1.82, 2.24) is 14.0 Å². The zero-order chi connectivity index (χ0) is 42.2. The summed E-state index contributed by atoms with van der Waals surface area (Å²) < 4.78 is 38.2. The predicted octanol–water partition coefficient (Wildman–Crippen LogP) is 10.3. The van der Waals surface area contributed by atoms with Gasteiger partial charge >= 0.3 is 0 Å². The maximum absolute atomic E-state index is 10.4. The molecule has 61 heavy (non-hydrogen) atoms. The van der Waals surface area contributed by atoms with Gasteiger partial charge in [0.15, 0.2) is 8.07 Å². The van der Waals surface area contributed by atoms with Crippen LogP contribution in [0.1, 0.15) is 32.3 Å². The van der Waals surface area contributed by atoms with Gasteiger partial charge in [-0.05, 0) is 94.1 Å². The molecule has 2 aliphatic rings. The highest BCUT2D eigenvalue weighted by atomic mass is 28.3. The van der Waals surface area contributed by atoms with E-state index in [2.05, 4.69) is 173 Å². The zero-order valence-electron chi connectivity index (χ0n) is 35.3. The van der Waals surface area contributed by atoms with E-state index in [9.17, 15) is 2.74 Å². The Kier molecular flexibility index (Phi) is 7.73. The number of rotatable bonds is 9. The summed E-state index contributed by atoms with van der Waals surface area (Å²) in [5.41, 5.74) is 7.15. The minimum absolute atomic E-state index is 0.425. The highest BCUT2D eigenvalue weighted by Gasteiger charge is 2.49. The van der Waals surface area contributed by atoms with E-state index < -0.39 is 19.9 Å². The van der Waals surface area contributed by atoms with E-state index in [0.29, 0.717) is 23.5 Å². The predicted molar refractivity (Wildman–Crippen MR) is 249 cm³/mol. The van der Waals surface area contributed by atoms with Crippen molar-refractivity contribution in [3.8, 4) is 17.2 Å². The Balaban J connectivity index is 1.19. The van der Waals surface area contributed by atoms with Gasteiger partial charge in [-0.15, -0.1) is 0 Å². The Morgan fingerprint density at radius 2 is 1.34 bits per heavy atom. The molecule has 0 fully saturated rings. The fraction of sp³-hybridized carbons (Fsp3) is 0.0727. The van der Waals surface area contributed by atoms with E-state index >= 15 is 0 Å². The van der Waals surface area contributed by atoms with Gasteiger partial charge in [0.1, 0.15) is 11.5 Å². The number of fused-ring (bicyclic) bond motifs is 7. The van der Waals surface area contributed by atoms with Crippen LogP contribution in [0, 0.1) is 0 Å². The minimum Gasteiger partial charge on any atom is -0.472 e. The molecule has 1 aliphatic carbocycles. The van der Waals surface area contributed by atoms with Gasteiger partial charge in [-0.2, -0.15) is 0 Å². The number of hydrogen-bond acceptors (Lipinski definition) is 3. The summed E-state index contributed by atoms with van der Waals surface area (Å²) in [6.45, 7) is 0. The minimum atomic E-state index is -3.38. The van der Waals surface area contributed by atoms with Crippen molar-refractivity contribution in [2.45, 2.75) is 24.6 Å². The van der Waals surface area contributed by atoms with Crippen molar-refractivity contribution >= 4 is 56.7 Å². The Morgan fingerprint density at radius 3 is 2.11 bits per heavy atom. The molecule has 7 aromatic carbocycles. The summed E-state index contributed by atoms with van der Waals surface area (Å²) in [7, 11) is -3.38. The number of nitrogens with zero attached hydrogens (tertiary/aromatic N) is 3. The Morgan fingerprint density at radius 1 is 0.656 bits per heavy atom. The van der Waals surface area contributed by atoms with Crippen molar-refractivity contribution in [3.05, 3.63) is 235 Å².